The van der Waals surface area contributed by atoms with E-state index in [1.54, 1.807) is 6.07 Å². The second-order valence-corrected chi connectivity index (χ2v) is 2.72. The minimum Gasteiger partial charge on any atom is -0.383 e. The summed E-state index contributed by atoms with van der Waals surface area (Å²) >= 11 is 0. The van der Waals surface area contributed by atoms with Gasteiger partial charge in [-0.2, -0.15) is 23.5 Å². The zero-order valence-electron chi connectivity index (χ0n) is 7.21. The Bertz CT molecular complexity index is 373. The van der Waals surface area contributed by atoms with E-state index in [1.807, 2.05) is 0 Å². The third-order valence-corrected chi connectivity index (χ3v) is 1.80. The van der Waals surface area contributed by atoms with E-state index in [-0.39, 0.29) is 11.4 Å². The molecular weight excluding hydrogens is 197 g/mol. The van der Waals surface area contributed by atoms with Gasteiger partial charge < -0.3 is 5.73 Å². The lowest BCUT2D eigenvalue weighted by Crippen LogP contribution is -2.25. The second-order valence-electron chi connectivity index (χ2n) is 2.72. The predicted octanol–water partition coefficient (Wildman–Crippen LogP) is 1.46. The molecule has 0 aliphatic carbocycles. The number of hydrogen-bond donors (Lipinski definition) is 1. The highest BCUT2D eigenvalue weighted by Crippen LogP contribution is 2.31. The second kappa shape index (κ2) is 3.21. The van der Waals surface area contributed by atoms with Crippen molar-refractivity contribution in [3.63, 3.8) is 0 Å². The van der Waals surface area contributed by atoms with Crippen molar-refractivity contribution >= 4 is 5.82 Å². The van der Waals surface area contributed by atoms with Crippen LogP contribution < -0.4 is 5.73 Å². The van der Waals surface area contributed by atoms with Crippen LogP contribution in [0, 0.1) is 11.3 Å². The monoisotopic (exact) mass is 204 g/mol. The fourth-order valence-corrected chi connectivity index (χ4v) is 0.905. The number of nitrogens with two attached hydrogens (primary N) is 1. The SMILES string of the molecule is C[C@H](n1ncc(C#N)c1N)C(F)(F)F. The number of nitrogen functional groups attached to an aromatic ring is 1. The van der Waals surface area contributed by atoms with Gasteiger partial charge >= 0.3 is 6.18 Å². The van der Waals surface area contributed by atoms with Gasteiger partial charge in [0.1, 0.15) is 23.5 Å². The van der Waals surface area contributed by atoms with Crippen molar-refractivity contribution < 1.29 is 13.2 Å². The third kappa shape index (κ3) is 1.64. The van der Waals surface area contributed by atoms with Crippen LogP contribution >= 0.6 is 0 Å². The molecule has 0 aliphatic rings. The molecule has 7 heteroatoms. The lowest BCUT2D eigenvalue weighted by Gasteiger charge is -2.16. The molecule has 0 aliphatic heterocycles. The van der Waals surface area contributed by atoms with Crippen LogP contribution in [0.1, 0.15) is 18.5 Å². The molecule has 0 bridgehead atoms. The highest BCUT2D eigenvalue weighted by molar-refractivity contribution is 5.47. The number of alkyl halides is 3. The average molecular weight is 204 g/mol. The Labute approximate surface area is 77.7 Å². The Morgan fingerprint density at radius 3 is 2.57 bits per heavy atom. The van der Waals surface area contributed by atoms with Crippen LogP contribution in [0.5, 0.6) is 0 Å². The lowest BCUT2D eigenvalue weighted by molar-refractivity contribution is -0.164. The Morgan fingerprint density at radius 1 is 1.64 bits per heavy atom. The van der Waals surface area contributed by atoms with E-state index in [0.29, 0.717) is 4.68 Å². The smallest absolute Gasteiger partial charge is 0.383 e. The van der Waals surface area contributed by atoms with Crippen LogP contribution in [0.2, 0.25) is 0 Å². The average Bonchev–Trinajstić information content (AvgIpc) is 2.43. The van der Waals surface area contributed by atoms with Crippen LogP contribution in [0.3, 0.4) is 0 Å². The van der Waals surface area contributed by atoms with Crippen LogP contribution in [0.4, 0.5) is 19.0 Å². The Balaban J connectivity index is 3.10. The molecule has 76 valence electrons. The zero-order chi connectivity index (χ0) is 10.9. The normalized spacial score (nSPS) is 13.6. The van der Waals surface area contributed by atoms with E-state index in [1.165, 1.54) is 0 Å². The molecule has 0 aromatic carbocycles. The fourth-order valence-electron chi connectivity index (χ4n) is 0.905. The van der Waals surface area contributed by atoms with E-state index in [4.69, 9.17) is 11.0 Å². The number of nitriles is 1. The van der Waals surface area contributed by atoms with Gasteiger partial charge in [-0.1, -0.05) is 0 Å². The van der Waals surface area contributed by atoms with Gasteiger partial charge in [0.2, 0.25) is 0 Å². The molecule has 14 heavy (non-hydrogen) atoms. The molecule has 0 spiro atoms. The number of aromatic nitrogens is 2. The summed E-state index contributed by atoms with van der Waals surface area (Å²) in [6, 6.07) is -0.183. The minimum absolute atomic E-state index is 0.0545. The first-order chi connectivity index (χ1) is 6.38. The van der Waals surface area contributed by atoms with Crippen LogP contribution in [0.15, 0.2) is 6.20 Å². The maximum absolute atomic E-state index is 12.2. The number of halogens is 3. The Kier molecular flexibility index (Phi) is 2.38. The van der Waals surface area contributed by atoms with Crippen LogP contribution in [-0.4, -0.2) is 16.0 Å². The molecule has 0 amide bonds. The Morgan fingerprint density at radius 2 is 2.21 bits per heavy atom. The van der Waals surface area contributed by atoms with Gasteiger partial charge in [-0.15, -0.1) is 0 Å². The maximum Gasteiger partial charge on any atom is 0.410 e. The van der Waals surface area contributed by atoms with Crippen molar-refractivity contribution in [3.8, 4) is 6.07 Å². The first-order valence-corrected chi connectivity index (χ1v) is 3.67. The van der Waals surface area contributed by atoms with Gasteiger partial charge in [0, 0.05) is 0 Å². The molecule has 0 fully saturated rings. The van der Waals surface area contributed by atoms with Crippen molar-refractivity contribution in [1.82, 2.24) is 9.78 Å². The number of hydrogen-bond acceptors (Lipinski definition) is 3. The molecule has 0 saturated heterocycles. The molecule has 1 aromatic rings. The van der Waals surface area contributed by atoms with Crippen molar-refractivity contribution in [3.05, 3.63) is 11.8 Å². The summed E-state index contributed by atoms with van der Waals surface area (Å²) in [5.74, 6) is -0.266. The summed E-state index contributed by atoms with van der Waals surface area (Å²) in [7, 11) is 0. The fraction of sp³-hybridized carbons (Fsp3) is 0.429. The molecule has 1 atom stereocenters. The number of nitrogens with zero attached hydrogens (tertiary/aromatic N) is 3. The maximum atomic E-state index is 12.2. The highest BCUT2D eigenvalue weighted by atomic mass is 19.4. The Hall–Kier alpha value is -1.71. The van der Waals surface area contributed by atoms with Crippen LogP contribution in [-0.2, 0) is 0 Å². The number of anilines is 1. The summed E-state index contributed by atoms with van der Waals surface area (Å²) < 4.78 is 37.3. The third-order valence-electron chi connectivity index (χ3n) is 1.80. The molecule has 1 heterocycles. The first kappa shape index (κ1) is 10.4. The molecular formula is C7H7F3N4. The first-order valence-electron chi connectivity index (χ1n) is 3.67. The van der Waals surface area contributed by atoms with Gasteiger partial charge in [0.25, 0.3) is 0 Å². The van der Waals surface area contributed by atoms with E-state index in [2.05, 4.69) is 5.10 Å². The topological polar surface area (TPSA) is 67.6 Å². The molecule has 0 radical (unpaired) electrons. The van der Waals surface area contributed by atoms with E-state index < -0.39 is 12.2 Å². The van der Waals surface area contributed by atoms with Crippen molar-refractivity contribution in [2.75, 3.05) is 5.73 Å². The molecule has 1 aromatic heterocycles. The van der Waals surface area contributed by atoms with Gasteiger partial charge in [0.05, 0.1) is 6.20 Å². The van der Waals surface area contributed by atoms with E-state index >= 15 is 0 Å². The van der Waals surface area contributed by atoms with Crippen molar-refractivity contribution in [1.29, 1.82) is 5.26 Å². The summed E-state index contributed by atoms with van der Waals surface area (Å²) in [6.45, 7) is 0.921. The standard InChI is InChI=1S/C7H7F3N4/c1-4(7(8,9)10)14-6(12)5(2-11)3-13-14/h3-4H,12H2,1H3/t4-/m0/s1. The van der Waals surface area contributed by atoms with Gasteiger partial charge in [0.15, 0.2) is 0 Å². The molecule has 0 unspecified atom stereocenters. The van der Waals surface area contributed by atoms with Crippen molar-refractivity contribution in [2.45, 2.75) is 19.1 Å². The summed E-state index contributed by atoms with van der Waals surface area (Å²) in [6.07, 6.45) is -3.41. The summed E-state index contributed by atoms with van der Waals surface area (Å²) in [5, 5.41) is 11.9. The van der Waals surface area contributed by atoms with E-state index in [0.717, 1.165) is 13.1 Å². The van der Waals surface area contributed by atoms with Crippen LogP contribution in [0.25, 0.3) is 0 Å². The minimum atomic E-state index is -4.42. The van der Waals surface area contributed by atoms with E-state index in [9.17, 15) is 13.2 Å². The molecule has 0 saturated carbocycles. The van der Waals surface area contributed by atoms with Crippen molar-refractivity contribution in [2.24, 2.45) is 0 Å². The largest absolute Gasteiger partial charge is 0.410 e. The number of rotatable bonds is 1. The van der Waals surface area contributed by atoms with Gasteiger partial charge in [-0.05, 0) is 6.92 Å². The predicted molar refractivity (Wildman–Crippen MR) is 42.1 cm³/mol. The summed E-state index contributed by atoms with van der Waals surface area (Å²) in [4.78, 5) is 0. The molecule has 2 N–H and O–H groups in total. The quantitative estimate of drug-likeness (QED) is 0.752. The van der Waals surface area contributed by atoms with Gasteiger partial charge in [-0.25, -0.2) is 4.68 Å². The molecule has 4 nitrogen and oxygen atoms in total. The lowest BCUT2D eigenvalue weighted by atomic mass is 10.3. The van der Waals surface area contributed by atoms with Gasteiger partial charge in [-0.3, -0.25) is 0 Å². The molecule has 1 rings (SSSR count). The highest BCUT2D eigenvalue weighted by Gasteiger charge is 2.39. The zero-order valence-corrected chi connectivity index (χ0v) is 7.21. The summed E-state index contributed by atoms with van der Waals surface area (Å²) in [5.41, 5.74) is 5.23.